The molecule has 1 saturated carbocycles. The number of benzene rings is 2. The van der Waals surface area contributed by atoms with Crippen molar-refractivity contribution in [2.75, 3.05) is 11.1 Å². The van der Waals surface area contributed by atoms with Gasteiger partial charge in [-0.3, -0.25) is 9.59 Å². The fourth-order valence-electron chi connectivity index (χ4n) is 2.68. The van der Waals surface area contributed by atoms with Crippen LogP contribution in [-0.2, 0) is 4.79 Å². The van der Waals surface area contributed by atoms with Gasteiger partial charge in [-0.2, -0.15) is 4.68 Å². The van der Waals surface area contributed by atoms with Crippen LogP contribution in [0.4, 0.5) is 5.69 Å². The lowest BCUT2D eigenvalue weighted by atomic mass is 10.2. The van der Waals surface area contributed by atoms with Gasteiger partial charge in [0.25, 0.3) is 5.91 Å². The van der Waals surface area contributed by atoms with Crippen molar-refractivity contribution in [3.05, 3.63) is 59.7 Å². The van der Waals surface area contributed by atoms with Gasteiger partial charge in [-0.25, -0.2) is 0 Å². The Morgan fingerprint density at radius 1 is 1.17 bits per heavy atom. The maximum Gasteiger partial charge on any atom is 0.251 e. The predicted molar refractivity (Wildman–Crippen MR) is 110 cm³/mol. The summed E-state index contributed by atoms with van der Waals surface area (Å²) in [5.74, 6) is -0.173. The van der Waals surface area contributed by atoms with E-state index in [2.05, 4.69) is 26.2 Å². The number of carbonyl (C=O) groups excluding carboxylic acids is 2. The number of nitrogens with zero attached hydrogens (tertiary/aromatic N) is 4. The molecular formula is C20H20N6O2S. The molecule has 1 fully saturated rings. The number of rotatable bonds is 7. The zero-order valence-corrected chi connectivity index (χ0v) is 16.6. The minimum Gasteiger partial charge on any atom is -0.349 e. The molecule has 2 aromatic carbocycles. The predicted octanol–water partition coefficient (Wildman–Crippen LogP) is 2.59. The SMILES string of the molecule is Cc1ccc(-n2nnnc2SCC(=O)Nc2cccc(C(=O)NC3CC3)c2)cc1. The molecule has 0 radical (unpaired) electrons. The summed E-state index contributed by atoms with van der Waals surface area (Å²) in [4.78, 5) is 24.5. The zero-order valence-electron chi connectivity index (χ0n) is 15.8. The van der Waals surface area contributed by atoms with Crippen LogP contribution in [0.5, 0.6) is 0 Å². The fraction of sp³-hybridized carbons (Fsp3) is 0.250. The molecule has 0 spiro atoms. The number of hydrogen-bond acceptors (Lipinski definition) is 6. The highest BCUT2D eigenvalue weighted by Gasteiger charge is 2.23. The number of anilines is 1. The van der Waals surface area contributed by atoms with Gasteiger partial charge in [0.1, 0.15) is 0 Å². The first kappa shape index (κ1) is 19.1. The summed E-state index contributed by atoms with van der Waals surface area (Å²) in [5, 5.41) is 18.0. The Kier molecular flexibility index (Phi) is 5.57. The molecule has 9 heteroatoms. The number of carbonyl (C=O) groups is 2. The number of amides is 2. The van der Waals surface area contributed by atoms with E-state index in [4.69, 9.17) is 0 Å². The van der Waals surface area contributed by atoms with E-state index in [1.165, 1.54) is 11.8 Å². The van der Waals surface area contributed by atoms with Crippen LogP contribution in [0.3, 0.4) is 0 Å². The van der Waals surface area contributed by atoms with E-state index >= 15 is 0 Å². The van der Waals surface area contributed by atoms with Crippen molar-refractivity contribution in [2.24, 2.45) is 0 Å². The normalized spacial score (nSPS) is 13.1. The van der Waals surface area contributed by atoms with Gasteiger partial charge in [-0.15, -0.1) is 5.10 Å². The molecule has 0 saturated heterocycles. The van der Waals surface area contributed by atoms with Gasteiger partial charge < -0.3 is 10.6 Å². The van der Waals surface area contributed by atoms with E-state index < -0.39 is 0 Å². The molecule has 1 heterocycles. The van der Waals surface area contributed by atoms with E-state index in [-0.39, 0.29) is 23.6 Å². The molecule has 0 aliphatic heterocycles. The highest BCUT2D eigenvalue weighted by molar-refractivity contribution is 7.99. The average molecular weight is 408 g/mol. The smallest absolute Gasteiger partial charge is 0.251 e. The summed E-state index contributed by atoms with van der Waals surface area (Å²) >= 11 is 1.24. The van der Waals surface area contributed by atoms with Gasteiger partial charge >= 0.3 is 0 Å². The van der Waals surface area contributed by atoms with Crippen molar-refractivity contribution in [3.63, 3.8) is 0 Å². The van der Waals surface area contributed by atoms with E-state index in [9.17, 15) is 9.59 Å². The van der Waals surface area contributed by atoms with Gasteiger partial charge in [-0.1, -0.05) is 35.5 Å². The first-order valence-electron chi connectivity index (χ1n) is 9.27. The van der Waals surface area contributed by atoms with Crippen molar-refractivity contribution in [1.82, 2.24) is 25.5 Å². The van der Waals surface area contributed by atoms with Crippen molar-refractivity contribution in [2.45, 2.75) is 31.0 Å². The standard InChI is InChI=1S/C20H20N6O2S/c1-13-5-9-17(10-6-13)26-20(23-24-25-26)29-12-18(27)21-16-4-2-3-14(11-16)19(28)22-15-7-8-15/h2-6,9-11,15H,7-8,12H2,1H3,(H,21,27)(H,22,28). The van der Waals surface area contributed by atoms with Gasteiger partial charge in [0.05, 0.1) is 11.4 Å². The highest BCUT2D eigenvalue weighted by Crippen LogP contribution is 2.21. The second kappa shape index (κ2) is 8.44. The van der Waals surface area contributed by atoms with E-state index in [0.29, 0.717) is 16.4 Å². The Labute approximate surface area is 172 Å². The molecular weight excluding hydrogens is 388 g/mol. The quantitative estimate of drug-likeness (QED) is 0.583. The van der Waals surface area contributed by atoms with Crippen molar-refractivity contribution in [3.8, 4) is 5.69 Å². The Balaban J connectivity index is 1.36. The van der Waals surface area contributed by atoms with Crippen LogP contribution in [0.1, 0.15) is 28.8 Å². The zero-order chi connectivity index (χ0) is 20.2. The molecule has 1 aliphatic carbocycles. The van der Waals surface area contributed by atoms with Crippen LogP contribution < -0.4 is 10.6 Å². The fourth-order valence-corrected chi connectivity index (χ4v) is 3.37. The van der Waals surface area contributed by atoms with Gasteiger partial charge in [0, 0.05) is 17.3 Å². The lowest BCUT2D eigenvalue weighted by Crippen LogP contribution is -2.25. The third-order valence-corrected chi connectivity index (χ3v) is 5.29. The van der Waals surface area contributed by atoms with Gasteiger partial charge in [-0.05, 0) is 60.5 Å². The second-order valence-electron chi connectivity index (χ2n) is 6.87. The van der Waals surface area contributed by atoms with Crippen LogP contribution in [0, 0.1) is 6.92 Å². The summed E-state index contributed by atoms with van der Waals surface area (Å²) in [6.45, 7) is 2.01. The van der Waals surface area contributed by atoms with Crippen molar-refractivity contribution >= 4 is 29.3 Å². The summed E-state index contributed by atoms with van der Waals surface area (Å²) in [5.41, 5.74) is 3.09. The third kappa shape index (κ3) is 5.00. The van der Waals surface area contributed by atoms with Gasteiger partial charge in [0.15, 0.2) is 0 Å². The van der Waals surface area contributed by atoms with Crippen LogP contribution in [0.15, 0.2) is 53.7 Å². The topological polar surface area (TPSA) is 102 Å². The molecule has 0 unspecified atom stereocenters. The first-order valence-corrected chi connectivity index (χ1v) is 10.3. The minimum atomic E-state index is -0.201. The maximum atomic E-state index is 12.4. The summed E-state index contributed by atoms with van der Waals surface area (Å²) < 4.78 is 1.60. The van der Waals surface area contributed by atoms with Crippen LogP contribution in [0.25, 0.3) is 5.69 Å². The number of aromatic nitrogens is 4. The molecule has 0 atom stereocenters. The van der Waals surface area contributed by atoms with E-state index in [1.54, 1.807) is 28.9 Å². The molecule has 4 rings (SSSR count). The van der Waals surface area contributed by atoms with Crippen LogP contribution in [0.2, 0.25) is 0 Å². The average Bonchev–Trinajstić information content (AvgIpc) is 3.41. The Hall–Kier alpha value is -3.20. The number of aryl methyl sites for hydroxylation is 1. The number of tetrazole rings is 1. The molecule has 3 aromatic rings. The molecule has 0 bridgehead atoms. The van der Waals surface area contributed by atoms with Crippen LogP contribution >= 0.6 is 11.8 Å². The van der Waals surface area contributed by atoms with Crippen LogP contribution in [-0.4, -0.2) is 43.8 Å². The Morgan fingerprint density at radius 2 is 1.97 bits per heavy atom. The monoisotopic (exact) mass is 408 g/mol. The molecule has 2 N–H and O–H groups in total. The summed E-state index contributed by atoms with van der Waals surface area (Å²) in [6.07, 6.45) is 2.06. The number of hydrogen-bond donors (Lipinski definition) is 2. The molecule has 2 amide bonds. The maximum absolute atomic E-state index is 12.4. The lowest BCUT2D eigenvalue weighted by molar-refractivity contribution is -0.113. The van der Waals surface area contributed by atoms with Gasteiger partial charge in [0.2, 0.25) is 11.1 Å². The largest absolute Gasteiger partial charge is 0.349 e. The van der Waals surface area contributed by atoms with Crippen molar-refractivity contribution < 1.29 is 9.59 Å². The first-order chi connectivity index (χ1) is 14.1. The third-order valence-electron chi connectivity index (χ3n) is 4.37. The Bertz CT molecular complexity index is 1030. The lowest BCUT2D eigenvalue weighted by Gasteiger charge is -2.08. The number of thioether (sulfide) groups is 1. The summed E-state index contributed by atoms with van der Waals surface area (Å²) in [7, 11) is 0. The molecule has 8 nitrogen and oxygen atoms in total. The Morgan fingerprint density at radius 3 is 2.72 bits per heavy atom. The second-order valence-corrected chi connectivity index (χ2v) is 7.82. The molecule has 148 valence electrons. The molecule has 1 aliphatic rings. The van der Waals surface area contributed by atoms with E-state index in [1.807, 2.05) is 31.2 Å². The molecule has 29 heavy (non-hydrogen) atoms. The van der Waals surface area contributed by atoms with Crippen molar-refractivity contribution in [1.29, 1.82) is 0 Å². The molecule has 1 aromatic heterocycles. The highest BCUT2D eigenvalue weighted by atomic mass is 32.2. The minimum absolute atomic E-state index is 0.116. The van der Waals surface area contributed by atoms with E-state index in [0.717, 1.165) is 24.1 Å². The number of nitrogens with one attached hydrogen (secondary N) is 2. The summed E-state index contributed by atoms with van der Waals surface area (Å²) in [6, 6.07) is 15.0.